The van der Waals surface area contributed by atoms with E-state index in [1.807, 2.05) is 11.8 Å². The molecule has 0 aliphatic carbocycles. The molecule has 4 heteroatoms. The fourth-order valence-electron chi connectivity index (χ4n) is 7.02. The fraction of sp³-hybridized carbons (Fsp3) is 0.234. The van der Waals surface area contributed by atoms with Crippen LogP contribution in [-0.4, -0.2) is 17.5 Å². The lowest BCUT2D eigenvalue weighted by atomic mass is 9.80. The summed E-state index contributed by atoms with van der Waals surface area (Å²) >= 11 is 1.97. The Kier molecular flexibility index (Phi) is 12.0. The number of thioether (sulfide) groups is 1. The minimum absolute atomic E-state index is 0.0111. The Morgan fingerprint density at radius 1 is 0.549 bits per heavy atom. The average molecular weight is 709 g/mol. The minimum Gasteiger partial charge on any atom is -0.358 e. The van der Waals surface area contributed by atoms with Gasteiger partial charge in [0.1, 0.15) is 11.7 Å². The smallest absolute Gasteiger partial charge is 0.143 e. The van der Waals surface area contributed by atoms with Crippen LogP contribution in [0.1, 0.15) is 65.0 Å². The van der Waals surface area contributed by atoms with Gasteiger partial charge in [0.25, 0.3) is 0 Å². The van der Waals surface area contributed by atoms with E-state index in [0.717, 1.165) is 16.7 Å². The Morgan fingerprint density at radius 3 is 1.29 bits per heavy atom. The van der Waals surface area contributed by atoms with Gasteiger partial charge in [0.15, 0.2) is 0 Å². The lowest BCUT2D eigenvalue weighted by Crippen LogP contribution is -2.38. The number of aryl methyl sites for hydroxylation is 3. The van der Waals surface area contributed by atoms with Crippen LogP contribution in [0, 0.1) is 20.8 Å². The molecule has 0 fully saturated rings. The van der Waals surface area contributed by atoms with Crippen LogP contribution in [0.2, 0.25) is 0 Å². The maximum atomic E-state index is 7.65. The van der Waals surface area contributed by atoms with Crippen LogP contribution in [0.3, 0.4) is 0 Å². The average Bonchev–Trinajstić information content (AvgIpc) is 3.14. The first-order valence-electron chi connectivity index (χ1n) is 17.8. The van der Waals surface area contributed by atoms with Crippen molar-refractivity contribution in [2.75, 3.05) is 6.61 Å². The number of benzene rings is 6. The molecule has 6 aromatic carbocycles. The summed E-state index contributed by atoms with van der Waals surface area (Å²) in [5, 5.41) is 2.35. The predicted molar refractivity (Wildman–Crippen MR) is 220 cm³/mol. The number of hydrogen-bond donors (Lipinski definition) is 0. The molecule has 0 unspecified atom stereocenters. The highest BCUT2D eigenvalue weighted by Gasteiger charge is 2.41. The molecule has 0 aliphatic rings. The van der Waals surface area contributed by atoms with Gasteiger partial charge in [-0.2, -0.15) is 0 Å². The maximum absolute atomic E-state index is 7.65. The Morgan fingerprint density at radius 2 is 0.922 bits per heavy atom. The monoisotopic (exact) mass is 708 g/mol. The van der Waals surface area contributed by atoms with Gasteiger partial charge in [-0.15, -0.1) is 11.8 Å². The van der Waals surface area contributed by atoms with Crippen LogP contribution in [0.5, 0.6) is 0 Å². The molecule has 6 aromatic rings. The molecule has 0 amide bonds. The molecule has 0 spiro atoms. The molecule has 2 nitrogen and oxygen atoms in total. The summed E-state index contributed by atoms with van der Waals surface area (Å²) in [4.78, 5) is 0. The first-order valence-corrected chi connectivity index (χ1v) is 19.9. The zero-order valence-corrected chi connectivity index (χ0v) is 32.3. The number of rotatable bonds is 13. The summed E-state index contributed by atoms with van der Waals surface area (Å²) in [5.41, 5.74) is 7.54. The molecular weight excluding hydrogens is 660 g/mol. The largest absolute Gasteiger partial charge is 0.358 e. The highest BCUT2D eigenvalue weighted by atomic mass is 32.2. The summed E-state index contributed by atoms with van der Waals surface area (Å²) in [5.74, 6) is 0. The maximum Gasteiger partial charge on any atom is 0.143 e. The van der Waals surface area contributed by atoms with Crippen molar-refractivity contribution in [2.45, 2.75) is 63.2 Å². The molecule has 0 bridgehead atoms. The van der Waals surface area contributed by atoms with Crippen molar-refractivity contribution < 1.29 is 9.26 Å². The van der Waals surface area contributed by atoms with Gasteiger partial charge in [0, 0.05) is 15.4 Å². The van der Waals surface area contributed by atoms with Crippen LogP contribution in [0.25, 0.3) is 0 Å². The van der Waals surface area contributed by atoms with Gasteiger partial charge >= 0.3 is 0 Å². The second kappa shape index (κ2) is 16.6. The van der Waals surface area contributed by atoms with Crippen LogP contribution in [0.15, 0.2) is 164 Å². The third-order valence-corrected chi connectivity index (χ3v) is 12.6. The molecule has 0 radical (unpaired) electrons. The van der Waals surface area contributed by atoms with Crippen molar-refractivity contribution in [3.63, 3.8) is 0 Å². The Hall–Kier alpha value is -3.98. The zero-order chi connectivity index (χ0) is 35.8. The van der Waals surface area contributed by atoms with Gasteiger partial charge in [0.05, 0.1) is 20.0 Å². The number of hydrogen-bond acceptors (Lipinski definition) is 3. The van der Waals surface area contributed by atoms with Gasteiger partial charge in [0.2, 0.25) is 0 Å². The summed E-state index contributed by atoms with van der Waals surface area (Å²) in [6.45, 7) is 14.0. The van der Waals surface area contributed by atoms with Crippen molar-refractivity contribution in [1.29, 1.82) is 0 Å². The van der Waals surface area contributed by atoms with Crippen molar-refractivity contribution in [1.82, 2.24) is 0 Å². The molecular formula is C47H49O2PS. The molecule has 51 heavy (non-hydrogen) atoms. The molecule has 0 aliphatic heterocycles. The van der Waals surface area contributed by atoms with E-state index in [1.54, 1.807) is 0 Å². The Bertz CT molecular complexity index is 1800. The lowest BCUT2D eigenvalue weighted by molar-refractivity contribution is -0.0279. The first kappa shape index (κ1) is 36.8. The van der Waals surface area contributed by atoms with Crippen molar-refractivity contribution in [3.05, 3.63) is 203 Å². The molecule has 0 N–H and O–H groups in total. The molecule has 0 heterocycles. The standard InChI is InChI=1S/C47H49O2PS/c1-35-32-36(2)44(37(3)33-35)45(51-46(4,5)6)43(49-50(41-28-18-10-19-29-41)42-30-20-11-21-31-42)34-48-47(38-22-12-7-13-23-38,39-24-14-8-15-25-39)40-26-16-9-17-27-40/h7-33,43,45H,34H2,1-6H3/t43-,45+/m1/s1. The van der Waals surface area contributed by atoms with E-state index in [2.05, 4.69) is 205 Å². The molecule has 2 atom stereocenters. The van der Waals surface area contributed by atoms with Crippen LogP contribution in [0.4, 0.5) is 0 Å². The van der Waals surface area contributed by atoms with E-state index in [1.165, 1.54) is 32.9 Å². The molecule has 0 aromatic heterocycles. The molecule has 260 valence electrons. The lowest BCUT2D eigenvalue weighted by Gasteiger charge is -2.40. The third kappa shape index (κ3) is 8.74. The van der Waals surface area contributed by atoms with Crippen molar-refractivity contribution in [2.24, 2.45) is 0 Å². The van der Waals surface area contributed by atoms with Gasteiger partial charge in [-0.1, -0.05) is 190 Å². The Balaban J connectivity index is 1.56. The van der Waals surface area contributed by atoms with E-state index < -0.39 is 13.7 Å². The summed E-state index contributed by atoms with van der Waals surface area (Å²) in [7, 11) is -1.18. The normalized spacial score (nSPS) is 13.2. The van der Waals surface area contributed by atoms with E-state index >= 15 is 0 Å². The van der Waals surface area contributed by atoms with Crippen molar-refractivity contribution >= 4 is 30.5 Å². The minimum atomic E-state index is -1.18. The zero-order valence-electron chi connectivity index (χ0n) is 30.6. The van der Waals surface area contributed by atoms with E-state index in [-0.39, 0.29) is 16.1 Å². The van der Waals surface area contributed by atoms with Crippen molar-refractivity contribution in [3.8, 4) is 0 Å². The SMILES string of the molecule is Cc1cc(C)c([C@@H](SC(C)(C)C)[C@@H](COC(c2ccccc2)(c2ccccc2)c2ccccc2)OP(c2ccccc2)c2ccccc2)c(C)c1. The molecule has 0 saturated heterocycles. The highest BCUT2D eigenvalue weighted by Crippen LogP contribution is 2.50. The number of ether oxygens (including phenoxy) is 1. The summed E-state index contributed by atoms with van der Waals surface area (Å²) in [6, 6.07) is 58.0. The quantitative estimate of drug-likeness (QED) is 0.0879. The predicted octanol–water partition coefficient (Wildman–Crippen LogP) is 11.6. The van der Waals surface area contributed by atoms with E-state index in [0.29, 0.717) is 6.61 Å². The topological polar surface area (TPSA) is 18.5 Å². The molecule has 0 saturated carbocycles. The summed E-state index contributed by atoms with van der Waals surface area (Å²) in [6.07, 6.45) is -0.309. The second-order valence-corrected chi connectivity index (χ2v) is 18.0. The van der Waals surface area contributed by atoms with Gasteiger partial charge < -0.3 is 9.26 Å². The van der Waals surface area contributed by atoms with Crippen LogP contribution in [-0.2, 0) is 14.9 Å². The van der Waals surface area contributed by atoms with Gasteiger partial charge in [-0.3, -0.25) is 0 Å². The van der Waals surface area contributed by atoms with Crippen LogP contribution >= 0.6 is 19.9 Å². The summed E-state index contributed by atoms with van der Waals surface area (Å²) < 4.78 is 15.2. The highest BCUT2D eigenvalue weighted by molar-refractivity contribution is 8.00. The second-order valence-electron chi connectivity index (χ2n) is 14.2. The fourth-order valence-corrected chi connectivity index (χ4v) is 10.5. The Labute approximate surface area is 311 Å². The molecule has 6 rings (SSSR count). The van der Waals surface area contributed by atoms with Gasteiger partial charge in [-0.05, 0) is 54.2 Å². The van der Waals surface area contributed by atoms with E-state index in [4.69, 9.17) is 9.26 Å². The third-order valence-electron chi connectivity index (χ3n) is 9.07. The van der Waals surface area contributed by atoms with Gasteiger partial charge in [-0.25, -0.2) is 0 Å². The van der Waals surface area contributed by atoms with E-state index in [9.17, 15) is 0 Å². The van der Waals surface area contributed by atoms with Crippen LogP contribution < -0.4 is 10.6 Å². The first-order chi connectivity index (χ1) is 24.7.